The van der Waals surface area contributed by atoms with Gasteiger partial charge in [0, 0.05) is 24.9 Å². The molecule has 15 heteroatoms. The Balaban J connectivity index is 3.00. The number of nitrogens with one attached hydrogen (secondary N) is 4. The van der Waals surface area contributed by atoms with Crippen LogP contribution in [-0.4, -0.2) is 86.6 Å². The molecule has 208 valence electrons. The summed E-state index contributed by atoms with van der Waals surface area (Å²) in [5.74, 6) is -3.64. The quantitative estimate of drug-likeness (QED) is 0.0612. The number of rotatable bonds is 16. The van der Waals surface area contributed by atoms with Gasteiger partial charge in [0.15, 0.2) is 12.0 Å². The van der Waals surface area contributed by atoms with E-state index in [0.717, 1.165) is 0 Å². The van der Waals surface area contributed by atoms with Gasteiger partial charge in [-0.1, -0.05) is 13.8 Å². The molecule has 0 saturated carbocycles. The highest BCUT2D eigenvalue weighted by Gasteiger charge is 2.32. The first-order valence-corrected chi connectivity index (χ1v) is 11.9. The van der Waals surface area contributed by atoms with Crippen LogP contribution in [0, 0.1) is 5.92 Å². The van der Waals surface area contributed by atoms with Gasteiger partial charge in [-0.05, 0) is 32.1 Å². The van der Waals surface area contributed by atoms with Crippen LogP contribution in [0.4, 0.5) is 0 Å². The van der Waals surface area contributed by atoms with Gasteiger partial charge >= 0.3 is 5.97 Å². The molecule has 0 aliphatic rings. The number of carbonyl (C=O) groups excluding carboxylic acids is 3. The first-order chi connectivity index (χ1) is 17.3. The van der Waals surface area contributed by atoms with Gasteiger partial charge in [0.1, 0.15) is 12.1 Å². The minimum absolute atomic E-state index is 0.0522. The molecule has 1 rings (SSSR count). The molecular formula is C22H39N9O6. The van der Waals surface area contributed by atoms with Gasteiger partial charge in [-0.2, -0.15) is 0 Å². The fraction of sp³-hybridized carbons (Fsp3) is 0.636. The lowest BCUT2D eigenvalue weighted by molar-refractivity contribution is -0.145. The standard InChI is InChI=1S/C22H39N9O6/c1-11(2)7-16(20(35)31-17(12(3)32)21(36)37)30-19(34)15(5-4-6-27-22(24)25)29-18(33)14(23)8-13-9-26-10-28-13/h9-12,14-17,32H,4-8,23H2,1-3H3,(H,26,28)(H,29,33)(H,30,34)(H,31,35)(H,36,37)(H4,24,25,27). The minimum Gasteiger partial charge on any atom is -0.480 e. The fourth-order valence-corrected chi connectivity index (χ4v) is 3.39. The van der Waals surface area contributed by atoms with E-state index in [9.17, 15) is 29.4 Å². The van der Waals surface area contributed by atoms with E-state index < -0.39 is 54.0 Å². The number of carboxylic acids is 1. The Morgan fingerprint density at radius 1 is 1.05 bits per heavy atom. The van der Waals surface area contributed by atoms with Crippen molar-refractivity contribution in [1.82, 2.24) is 25.9 Å². The highest BCUT2D eigenvalue weighted by atomic mass is 16.4. The van der Waals surface area contributed by atoms with Crippen LogP contribution in [0.2, 0.25) is 0 Å². The van der Waals surface area contributed by atoms with Crippen molar-refractivity contribution in [2.45, 2.75) is 76.7 Å². The Bertz CT molecular complexity index is 916. The number of imidazole rings is 1. The van der Waals surface area contributed by atoms with E-state index in [-0.39, 0.29) is 37.7 Å². The Morgan fingerprint density at radius 3 is 2.19 bits per heavy atom. The second-order valence-electron chi connectivity index (χ2n) is 9.15. The van der Waals surface area contributed by atoms with Crippen molar-refractivity contribution in [2.24, 2.45) is 28.1 Å². The molecule has 3 amide bonds. The third kappa shape index (κ3) is 11.7. The number of aliphatic imine (C=N–C) groups is 1. The molecular weight excluding hydrogens is 486 g/mol. The zero-order valence-electron chi connectivity index (χ0n) is 21.3. The predicted molar refractivity (Wildman–Crippen MR) is 135 cm³/mol. The molecule has 5 unspecified atom stereocenters. The number of carboxylic acid groups (broad SMARTS) is 1. The minimum atomic E-state index is -1.56. The van der Waals surface area contributed by atoms with Gasteiger partial charge in [-0.25, -0.2) is 9.78 Å². The number of nitrogens with zero attached hydrogens (tertiary/aromatic N) is 2. The van der Waals surface area contributed by atoms with Gasteiger partial charge in [-0.15, -0.1) is 0 Å². The van der Waals surface area contributed by atoms with Crippen LogP contribution in [0.5, 0.6) is 0 Å². The maximum Gasteiger partial charge on any atom is 0.328 e. The Hall–Kier alpha value is -3.72. The molecule has 37 heavy (non-hydrogen) atoms. The molecule has 0 spiro atoms. The predicted octanol–water partition coefficient (Wildman–Crippen LogP) is -2.70. The zero-order chi connectivity index (χ0) is 28.1. The van der Waals surface area contributed by atoms with E-state index in [0.29, 0.717) is 12.1 Å². The third-order valence-corrected chi connectivity index (χ3v) is 5.30. The number of aromatic nitrogens is 2. The van der Waals surface area contributed by atoms with E-state index >= 15 is 0 Å². The molecule has 0 aliphatic carbocycles. The fourth-order valence-electron chi connectivity index (χ4n) is 3.39. The summed E-state index contributed by atoms with van der Waals surface area (Å²) in [4.78, 5) is 60.7. The number of aliphatic carboxylic acids is 1. The molecule has 0 fully saturated rings. The lowest BCUT2D eigenvalue weighted by Gasteiger charge is -2.26. The first kappa shape index (κ1) is 31.3. The topological polar surface area (TPSA) is 264 Å². The molecule has 0 saturated heterocycles. The summed E-state index contributed by atoms with van der Waals surface area (Å²) in [6, 6.07) is -4.74. The number of guanidine groups is 1. The van der Waals surface area contributed by atoms with Crippen LogP contribution in [0.3, 0.4) is 0 Å². The van der Waals surface area contributed by atoms with Crippen molar-refractivity contribution in [3.8, 4) is 0 Å². The number of H-pyrrole nitrogens is 1. The highest BCUT2D eigenvalue weighted by molar-refractivity contribution is 5.94. The zero-order valence-corrected chi connectivity index (χ0v) is 21.3. The van der Waals surface area contributed by atoms with Crippen molar-refractivity contribution >= 4 is 29.7 Å². The summed E-state index contributed by atoms with van der Waals surface area (Å²) in [5, 5.41) is 26.4. The Morgan fingerprint density at radius 2 is 1.68 bits per heavy atom. The van der Waals surface area contributed by atoms with Crippen molar-refractivity contribution in [2.75, 3.05) is 6.54 Å². The number of hydrogen-bond acceptors (Lipinski definition) is 8. The van der Waals surface area contributed by atoms with E-state index in [1.165, 1.54) is 19.4 Å². The van der Waals surface area contributed by atoms with Gasteiger partial charge in [-0.3, -0.25) is 19.4 Å². The summed E-state index contributed by atoms with van der Waals surface area (Å²) in [7, 11) is 0. The number of aliphatic hydroxyl groups is 1. The average molecular weight is 526 g/mol. The van der Waals surface area contributed by atoms with Crippen LogP contribution in [0.25, 0.3) is 0 Å². The number of nitrogens with two attached hydrogens (primary N) is 3. The lowest BCUT2D eigenvalue weighted by Crippen LogP contribution is -2.58. The van der Waals surface area contributed by atoms with Crippen molar-refractivity contribution in [3.63, 3.8) is 0 Å². The maximum atomic E-state index is 13.2. The average Bonchev–Trinajstić information content (AvgIpc) is 3.30. The first-order valence-electron chi connectivity index (χ1n) is 11.9. The highest BCUT2D eigenvalue weighted by Crippen LogP contribution is 2.09. The molecule has 12 N–H and O–H groups in total. The van der Waals surface area contributed by atoms with Crippen LogP contribution in [0.1, 0.15) is 45.7 Å². The molecule has 0 radical (unpaired) electrons. The number of hydrogen-bond donors (Lipinski definition) is 9. The largest absolute Gasteiger partial charge is 0.480 e. The summed E-state index contributed by atoms with van der Waals surface area (Å²) < 4.78 is 0. The molecule has 15 nitrogen and oxygen atoms in total. The summed E-state index contributed by atoms with van der Waals surface area (Å²) in [5.41, 5.74) is 17.3. The summed E-state index contributed by atoms with van der Waals surface area (Å²) >= 11 is 0. The Kier molecular flexibility index (Phi) is 13.0. The number of aliphatic hydroxyl groups excluding tert-OH is 1. The third-order valence-electron chi connectivity index (χ3n) is 5.30. The van der Waals surface area contributed by atoms with Crippen molar-refractivity contribution in [1.29, 1.82) is 0 Å². The van der Waals surface area contributed by atoms with Crippen LogP contribution >= 0.6 is 0 Å². The molecule has 1 aromatic rings. The van der Waals surface area contributed by atoms with Gasteiger partial charge in [0.2, 0.25) is 17.7 Å². The van der Waals surface area contributed by atoms with Crippen molar-refractivity contribution in [3.05, 3.63) is 18.2 Å². The maximum absolute atomic E-state index is 13.2. The van der Waals surface area contributed by atoms with Crippen molar-refractivity contribution < 1.29 is 29.4 Å². The monoisotopic (exact) mass is 525 g/mol. The second kappa shape index (κ2) is 15.4. The molecule has 1 heterocycles. The van der Waals surface area contributed by atoms with E-state index in [2.05, 4.69) is 30.9 Å². The van der Waals surface area contributed by atoms with Crippen LogP contribution < -0.4 is 33.2 Å². The lowest BCUT2D eigenvalue weighted by atomic mass is 10.0. The van der Waals surface area contributed by atoms with E-state index in [4.69, 9.17) is 17.2 Å². The Labute approximate surface area is 215 Å². The molecule has 0 bridgehead atoms. The van der Waals surface area contributed by atoms with Crippen LogP contribution in [-0.2, 0) is 25.6 Å². The van der Waals surface area contributed by atoms with Crippen LogP contribution in [0.15, 0.2) is 17.5 Å². The normalized spacial score (nSPS) is 15.1. The van der Waals surface area contributed by atoms with Gasteiger partial charge in [0.05, 0.1) is 18.5 Å². The van der Waals surface area contributed by atoms with Gasteiger partial charge < -0.3 is 48.3 Å². The molecule has 5 atom stereocenters. The second-order valence-corrected chi connectivity index (χ2v) is 9.15. The van der Waals surface area contributed by atoms with E-state index in [1.54, 1.807) is 0 Å². The number of aromatic amines is 1. The molecule has 0 aromatic carbocycles. The molecule has 1 aromatic heterocycles. The summed E-state index contributed by atoms with van der Waals surface area (Å²) in [6.07, 6.45) is 2.41. The van der Waals surface area contributed by atoms with Gasteiger partial charge in [0.25, 0.3) is 0 Å². The molecule has 0 aliphatic heterocycles. The number of carbonyl (C=O) groups is 4. The summed E-state index contributed by atoms with van der Waals surface area (Å²) in [6.45, 7) is 5.06. The SMILES string of the molecule is CC(C)CC(NC(=O)C(CCCN=C(N)N)NC(=O)C(N)Cc1cnc[nH]1)C(=O)NC(C(=O)O)C(C)O. The van der Waals surface area contributed by atoms with E-state index in [1.807, 2.05) is 13.8 Å². The smallest absolute Gasteiger partial charge is 0.328 e. The number of amides is 3.